The highest BCUT2D eigenvalue weighted by Crippen LogP contribution is 2.37. The number of nitrogens with zero attached hydrogens (tertiary/aromatic N) is 2. The summed E-state index contributed by atoms with van der Waals surface area (Å²) >= 11 is 6.46. The van der Waals surface area contributed by atoms with Crippen molar-refractivity contribution in [2.45, 2.75) is 37.8 Å². The minimum absolute atomic E-state index is 0.0326. The maximum Gasteiger partial charge on any atom is 0.416 e. The number of carbonyl (C=O) groups excluding carboxylic acids is 2. The highest BCUT2D eigenvalue weighted by atomic mass is 35.5. The number of hydrogen-bond acceptors (Lipinski definition) is 6. The SMILES string of the molecule is N=Cc1cc(C=C2SC(=O)N(C3CCN(CC(F)(F)F)CC3)C2=O)ccc1NCc1ccc(Cl)cc1C(F)(F)F. The van der Waals surface area contributed by atoms with E-state index in [0.29, 0.717) is 16.8 Å². The van der Waals surface area contributed by atoms with Crippen LogP contribution in [0.15, 0.2) is 41.3 Å². The summed E-state index contributed by atoms with van der Waals surface area (Å²) in [5, 5.41) is 10.1. The van der Waals surface area contributed by atoms with E-state index in [-0.39, 0.29) is 48.0 Å². The molecule has 4 rings (SSSR count). The van der Waals surface area contributed by atoms with E-state index >= 15 is 0 Å². The van der Waals surface area contributed by atoms with Gasteiger partial charge in [-0.15, -0.1) is 0 Å². The second-order valence-corrected chi connectivity index (χ2v) is 10.7. The molecule has 2 fully saturated rings. The molecule has 2 N–H and O–H groups in total. The molecule has 0 atom stereocenters. The van der Waals surface area contributed by atoms with Crippen LogP contribution in [0.1, 0.15) is 35.1 Å². The third-order valence-corrected chi connectivity index (χ3v) is 7.64. The normalized spacial score (nSPS) is 18.6. The van der Waals surface area contributed by atoms with E-state index in [1.807, 2.05) is 0 Å². The number of imide groups is 1. The number of alkyl halides is 6. The second kappa shape index (κ2) is 11.8. The highest BCUT2D eigenvalue weighted by molar-refractivity contribution is 8.18. The van der Waals surface area contributed by atoms with Crippen molar-refractivity contribution >= 4 is 52.5 Å². The average molecular weight is 605 g/mol. The number of likely N-dealkylation sites (tertiary alicyclic amines) is 1. The van der Waals surface area contributed by atoms with Gasteiger partial charge in [0.05, 0.1) is 17.0 Å². The monoisotopic (exact) mass is 604 g/mol. The van der Waals surface area contributed by atoms with Crippen LogP contribution in [0.25, 0.3) is 6.08 Å². The Hall–Kier alpha value is -3.03. The van der Waals surface area contributed by atoms with Crippen LogP contribution in [-0.4, -0.2) is 59.0 Å². The van der Waals surface area contributed by atoms with Gasteiger partial charge in [-0.05, 0) is 66.1 Å². The molecule has 0 bridgehead atoms. The molecule has 0 aromatic heterocycles. The van der Waals surface area contributed by atoms with Crippen molar-refractivity contribution in [2.75, 3.05) is 25.0 Å². The van der Waals surface area contributed by atoms with Gasteiger partial charge < -0.3 is 10.7 Å². The summed E-state index contributed by atoms with van der Waals surface area (Å²) in [7, 11) is 0. The maximum atomic E-state index is 13.4. The molecule has 0 saturated carbocycles. The van der Waals surface area contributed by atoms with Crippen molar-refractivity contribution in [1.82, 2.24) is 9.80 Å². The van der Waals surface area contributed by atoms with Crippen molar-refractivity contribution in [1.29, 1.82) is 5.41 Å². The summed E-state index contributed by atoms with van der Waals surface area (Å²) in [4.78, 5) is 28.1. The number of benzene rings is 2. The van der Waals surface area contributed by atoms with Gasteiger partial charge >= 0.3 is 12.4 Å². The van der Waals surface area contributed by atoms with Gasteiger partial charge in [0.25, 0.3) is 11.1 Å². The number of halogens is 7. The molecule has 14 heteroatoms. The number of anilines is 1. The predicted molar refractivity (Wildman–Crippen MR) is 141 cm³/mol. The van der Waals surface area contributed by atoms with Crippen molar-refractivity contribution in [3.63, 3.8) is 0 Å². The van der Waals surface area contributed by atoms with E-state index in [4.69, 9.17) is 17.0 Å². The van der Waals surface area contributed by atoms with Crippen molar-refractivity contribution < 1.29 is 35.9 Å². The van der Waals surface area contributed by atoms with E-state index in [1.165, 1.54) is 23.1 Å². The zero-order valence-electron chi connectivity index (χ0n) is 20.7. The van der Waals surface area contributed by atoms with E-state index in [2.05, 4.69) is 5.32 Å². The van der Waals surface area contributed by atoms with Crippen LogP contribution >= 0.6 is 23.4 Å². The Morgan fingerprint density at radius 3 is 2.38 bits per heavy atom. The number of hydrogen-bond donors (Lipinski definition) is 2. The van der Waals surface area contributed by atoms with Crippen LogP contribution in [0.4, 0.5) is 36.8 Å². The minimum Gasteiger partial charge on any atom is -0.380 e. The van der Waals surface area contributed by atoms with E-state index in [0.717, 1.165) is 28.9 Å². The number of amides is 2. The quantitative estimate of drug-likeness (QED) is 0.202. The van der Waals surface area contributed by atoms with Gasteiger partial charge in [-0.2, -0.15) is 26.3 Å². The molecular formula is C26H23ClF6N4O2S. The molecule has 40 heavy (non-hydrogen) atoms. The van der Waals surface area contributed by atoms with Crippen LogP contribution in [0.3, 0.4) is 0 Å². The second-order valence-electron chi connectivity index (χ2n) is 9.32. The topological polar surface area (TPSA) is 76.5 Å². The van der Waals surface area contributed by atoms with Crippen LogP contribution in [0, 0.1) is 5.41 Å². The van der Waals surface area contributed by atoms with Crippen molar-refractivity contribution in [3.05, 3.63) is 68.6 Å². The number of nitrogens with one attached hydrogen (secondary N) is 2. The molecule has 2 saturated heterocycles. The van der Waals surface area contributed by atoms with Gasteiger partial charge in [0.1, 0.15) is 0 Å². The summed E-state index contributed by atoms with van der Waals surface area (Å²) in [6.45, 7) is -0.997. The highest BCUT2D eigenvalue weighted by Gasteiger charge is 2.42. The molecule has 0 radical (unpaired) electrons. The van der Waals surface area contributed by atoms with Crippen molar-refractivity contribution in [2.24, 2.45) is 0 Å². The molecule has 214 valence electrons. The number of piperidine rings is 1. The molecule has 2 heterocycles. The molecule has 2 aliphatic rings. The fraction of sp³-hybridized carbons (Fsp3) is 0.346. The summed E-state index contributed by atoms with van der Waals surface area (Å²) in [5.74, 6) is -0.537. The molecule has 0 spiro atoms. The van der Waals surface area contributed by atoms with Crippen LogP contribution in [0.5, 0.6) is 0 Å². The fourth-order valence-electron chi connectivity index (χ4n) is 4.64. The smallest absolute Gasteiger partial charge is 0.380 e. The van der Waals surface area contributed by atoms with Gasteiger partial charge in [-0.1, -0.05) is 23.7 Å². The lowest BCUT2D eigenvalue weighted by atomic mass is 10.0. The van der Waals surface area contributed by atoms with E-state index in [1.54, 1.807) is 18.2 Å². The lowest BCUT2D eigenvalue weighted by Gasteiger charge is -2.35. The summed E-state index contributed by atoms with van der Waals surface area (Å²) in [6.07, 6.45) is -5.96. The third kappa shape index (κ3) is 7.18. The molecule has 2 aromatic carbocycles. The first kappa shape index (κ1) is 29.9. The molecule has 2 aliphatic heterocycles. The predicted octanol–water partition coefficient (Wildman–Crippen LogP) is 7.03. The van der Waals surface area contributed by atoms with Gasteiger partial charge in [0.15, 0.2) is 0 Å². The Kier molecular flexibility index (Phi) is 8.86. The first-order valence-electron chi connectivity index (χ1n) is 12.1. The Balaban J connectivity index is 1.45. The summed E-state index contributed by atoms with van der Waals surface area (Å²) in [6, 6.07) is 7.66. The van der Waals surface area contributed by atoms with Gasteiger partial charge in [-0.25, -0.2) is 0 Å². The number of thioether (sulfide) groups is 1. The van der Waals surface area contributed by atoms with Gasteiger partial charge in [0.2, 0.25) is 0 Å². The summed E-state index contributed by atoms with van der Waals surface area (Å²) < 4.78 is 78.2. The van der Waals surface area contributed by atoms with E-state index < -0.39 is 41.6 Å². The van der Waals surface area contributed by atoms with Crippen LogP contribution < -0.4 is 5.32 Å². The third-order valence-electron chi connectivity index (χ3n) is 6.52. The first-order chi connectivity index (χ1) is 18.7. The Morgan fingerprint density at radius 1 is 1.05 bits per heavy atom. The maximum absolute atomic E-state index is 13.4. The Bertz CT molecular complexity index is 1340. The summed E-state index contributed by atoms with van der Waals surface area (Å²) in [5.41, 5.74) is 0.301. The molecule has 2 aromatic rings. The van der Waals surface area contributed by atoms with Gasteiger partial charge in [0, 0.05) is 48.2 Å². The fourth-order valence-corrected chi connectivity index (χ4v) is 5.71. The zero-order chi connectivity index (χ0) is 29.2. The lowest BCUT2D eigenvalue weighted by Crippen LogP contribution is -2.48. The van der Waals surface area contributed by atoms with Crippen molar-refractivity contribution in [3.8, 4) is 0 Å². The standard InChI is InChI=1S/C26H23ClF6N4O2S/c27-18-3-2-16(20(11-18)26(31,32)33)13-35-21-4-1-15(9-17(21)12-34)10-22-23(38)37(24(39)40-22)19-5-7-36(8-6-19)14-25(28,29)30/h1-4,9-12,19,34-35H,5-8,13-14H2. The molecular weight excluding hydrogens is 582 g/mol. The molecule has 0 aliphatic carbocycles. The number of rotatable bonds is 7. The first-order valence-corrected chi connectivity index (χ1v) is 13.2. The lowest BCUT2D eigenvalue weighted by molar-refractivity contribution is -0.149. The number of carbonyl (C=O) groups is 2. The molecule has 2 amide bonds. The average Bonchev–Trinajstić information content (AvgIpc) is 3.15. The van der Waals surface area contributed by atoms with Crippen LogP contribution in [-0.2, 0) is 17.5 Å². The molecule has 6 nitrogen and oxygen atoms in total. The van der Waals surface area contributed by atoms with E-state index in [9.17, 15) is 35.9 Å². The largest absolute Gasteiger partial charge is 0.416 e. The Morgan fingerprint density at radius 2 is 1.75 bits per heavy atom. The minimum atomic E-state index is -4.60. The molecule has 0 unspecified atom stereocenters. The Labute approximate surface area is 234 Å². The zero-order valence-corrected chi connectivity index (χ0v) is 22.3. The van der Waals surface area contributed by atoms with Gasteiger partial charge in [-0.3, -0.25) is 19.4 Å². The van der Waals surface area contributed by atoms with Crippen LogP contribution in [0.2, 0.25) is 5.02 Å².